The molecule has 102 valence electrons. The van der Waals surface area contributed by atoms with Gasteiger partial charge in [-0.1, -0.05) is 18.2 Å². The van der Waals surface area contributed by atoms with Gasteiger partial charge in [0.05, 0.1) is 20.3 Å². The predicted octanol–water partition coefficient (Wildman–Crippen LogP) is 2.15. The van der Waals surface area contributed by atoms with E-state index in [0.717, 1.165) is 29.4 Å². The van der Waals surface area contributed by atoms with Crippen molar-refractivity contribution in [2.75, 3.05) is 20.3 Å². The molecule has 0 aliphatic rings. The third-order valence-electron chi connectivity index (χ3n) is 2.85. The summed E-state index contributed by atoms with van der Waals surface area (Å²) in [5.74, 6) is 0.879. The molecule has 0 atom stereocenters. The number of aliphatic hydroxyl groups is 1. The zero-order valence-electron chi connectivity index (χ0n) is 11.0. The number of benzene rings is 1. The van der Waals surface area contributed by atoms with Crippen LogP contribution >= 0.6 is 11.3 Å². The smallest absolute Gasteiger partial charge is 0.123 e. The van der Waals surface area contributed by atoms with Crippen LogP contribution in [0.25, 0.3) is 0 Å². The third kappa shape index (κ3) is 4.02. The number of aliphatic hydroxyl groups excluding tert-OH is 1. The van der Waals surface area contributed by atoms with Gasteiger partial charge in [-0.25, -0.2) is 4.98 Å². The van der Waals surface area contributed by atoms with Crippen LogP contribution in [0.4, 0.5) is 0 Å². The molecule has 0 aliphatic carbocycles. The van der Waals surface area contributed by atoms with E-state index in [9.17, 15) is 5.11 Å². The summed E-state index contributed by atoms with van der Waals surface area (Å²) in [6, 6.07) is 7.96. The topological polar surface area (TPSA) is 45.6 Å². The number of methoxy groups -OCH3 is 1. The molecule has 2 aromatic rings. The Kier molecular flexibility index (Phi) is 5.32. The van der Waals surface area contributed by atoms with Gasteiger partial charge < -0.3 is 9.84 Å². The van der Waals surface area contributed by atoms with E-state index in [0.29, 0.717) is 6.54 Å². The fourth-order valence-corrected chi connectivity index (χ4v) is 2.61. The Hall–Kier alpha value is -1.43. The highest BCUT2D eigenvalue weighted by molar-refractivity contribution is 7.09. The van der Waals surface area contributed by atoms with Crippen molar-refractivity contribution in [3.63, 3.8) is 0 Å². The van der Waals surface area contributed by atoms with Crippen LogP contribution in [0.5, 0.6) is 5.75 Å². The fraction of sp³-hybridized carbons (Fsp3) is 0.357. The van der Waals surface area contributed by atoms with Gasteiger partial charge in [0.2, 0.25) is 0 Å². The average Bonchev–Trinajstić information content (AvgIpc) is 2.92. The molecule has 1 N–H and O–H groups in total. The van der Waals surface area contributed by atoms with Crippen molar-refractivity contribution in [2.45, 2.75) is 13.1 Å². The van der Waals surface area contributed by atoms with E-state index >= 15 is 0 Å². The molecule has 5 heteroatoms. The summed E-state index contributed by atoms with van der Waals surface area (Å²) in [4.78, 5) is 6.45. The van der Waals surface area contributed by atoms with Gasteiger partial charge in [0.25, 0.3) is 0 Å². The Morgan fingerprint density at radius 1 is 1.32 bits per heavy atom. The lowest BCUT2D eigenvalue weighted by Gasteiger charge is -2.21. The van der Waals surface area contributed by atoms with E-state index in [1.165, 1.54) is 0 Å². The maximum atomic E-state index is 9.18. The third-order valence-corrected chi connectivity index (χ3v) is 3.61. The molecule has 0 radical (unpaired) electrons. The zero-order valence-corrected chi connectivity index (χ0v) is 11.8. The Labute approximate surface area is 117 Å². The van der Waals surface area contributed by atoms with Crippen LogP contribution in [0.3, 0.4) is 0 Å². The van der Waals surface area contributed by atoms with Crippen LogP contribution < -0.4 is 4.74 Å². The van der Waals surface area contributed by atoms with E-state index in [1.807, 2.05) is 29.6 Å². The number of aromatic nitrogens is 1. The second-order valence-corrected chi connectivity index (χ2v) is 5.15. The molecule has 1 heterocycles. The highest BCUT2D eigenvalue weighted by atomic mass is 32.1. The first-order valence-electron chi connectivity index (χ1n) is 6.17. The summed E-state index contributed by atoms with van der Waals surface area (Å²) in [5.41, 5.74) is 1.12. The molecular formula is C14H18N2O2S. The molecule has 0 unspecified atom stereocenters. The summed E-state index contributed by atoms with van der Waals surface area (Å²) < 4.78 is 5.36. The van der Waals surface area contributed by atoms with Crippen molar-refractivity contribution in [3.05, 3.63) is 46.4 Å². The standard InChI is InChI=1S/C14H18N2O2S/c1-18-13-5-3-2-4-12(13)10-16(7-8-17)11-14-15-6-9-19-14/h2-6,9,17H,7-8,10-11H2,1H3. The monoisotopic (exact) mass is 278 g/mol. The molecule has 0 saturated carbocycles. The van der Waals surface area contributed by atoms with Crippen molar-refractivity contribution < 1.29 is 9.84 Å². The summed E-state index contributed by atoms with van der Waals surface area (Å²) in [6.45, 7) is 2.25. The van der Waals surface area contributed by atoms with Crippen LogP contribution in [-0.4, -0.2) is 35.3 Å². The molecule has 1 aromatic heterocycles. The van der Waals surface area contributed by atoms with E-state index in [4.69, 9.17) is 4.74 Å². The van der Waals surface area contributed by atoms with Crippen molar-refractivity contribution in [1.29, 1.82) is 0 Å². The van der Waals surface area contributed by atoms with Crippen LogP contribution in [0, 0.1) is 0 Å². The lowest BCUT2D eigenvalue weighted by Crippen LogP contribution is -2.26. The number of hydrogen-bond acceptors (Lipinski definition) is 5. The first kappa shape index (κ1) is 14.0. The van der Waals surface area contributed by atoms with Crippen molar-refractivity contribution in [1.82, 2.24) is 9.88 Å². The van der Waals surface area contributed by atoms with Crippen LogP contribution in [0.1, 0.15) is 10.6 Å². The van der Waals surface area contributed by atoms with Gasteiger partial charge in [0, 0.05) is 30.2 Å². The van der Waals surface area contributed by atoms with Gasteiger partial charge >= 0.3 is 0 Å². The number of nitrogens with zero attached hydrogens (tertiary/aromatic N) is 2. The second kappa shape index (κ2) is 7.23. The minimum Gasteiger partial charge on any atom is -0.496 e. The van der Waals surface area contributed by atoms with Gasteiger partial charge in [-0.15, -0.1) is 11.3 Å². The van der Waals surface area contributed by atoms with E-state index in [-0.39, 0.29) is 6.61 Å². The van der Waals surface area contributed by atoms with E-state index in [2.05, 4.69) is 9.88 Å². The molecule has 0 amide bonds. The van der Waals surface area contributed by atoms with Crippen LogP contribution in [-0.2, 0) is 13.1 Å². The van der Waals surface area contributed by atoms with Gasteiger partial charge in [-0.2, -0.15) is 0 Å². The SMILES string of the molecule is COc1ccccc1CN(CCO)Cc1nccs1. The van der Waals surface area contributed by atoms with Gasteiger partial charge in [-0.3, -0.25) is 4.90 Å². The molecule has 4 nitrogen and oxygen atoms in total. The van der Waals surface area contributed by atoms with Gasteiger partial charge in [0.1, 0.15) is 10.8 Å². The summed E-state index contributed by atoms with van der Waals surface area (Å²) in [5, 5.41) is 12.2. The summed E-state index contributed by atoms with van der Waals surface area (Å²) in [7, 11) is 1.68. The number of thiazole rings is 1. The Balaban J connectivity index is 2.07. The molecule has 2 rings (SSSR count). The van der Waals surface area contributed by atoms with E-state index < -0.39 is 0 Å². The summed E-state index contributed by atoms with van der Waals surface area (Å²) in [6.07, 6.45) is 1.81. The first-order valence-corrected chi connectivity index (χ1v) is 7.05. The number of rotatable bonds is 7. The maximum absolute atomic E-state index is 9.18. The van der Waals surface area contributed by atoms with Crippen molar-refractivity contribution in [2.24, 2.45) is 0 Å². The van der Waals surface area contributed by atoms with Gasteiger partial charge in [-0.05, 0) is 6.07 Å². The Morgan fingerprint density at radius 2 is 2.16 bits per heavy atom. The highest BCUT2D eigenvalue weighted by Crippen LogP contribution is 2.20. The second-order valence-electron chi connectivity index (χ2n) is 4.17. The maximum Gasteiger partial charge on any atom is 0.123 e. The van der Waals surface area contributed by atoms with Crippen molar-refractivity contribution in [3.8, 4) is 5.75 Å². The average molecular weight is 278 g/mol. The van der Waals surface area contributed by atoms with Crippen LogP contribution in [0.15, 0.2) is 35.8 Å². The van der Waals surface area contributed by atoms with Crippen LogP contribution in [0.2, 0.25) is 0 Å². The Bertz CT molecular complexity index is 488. The first-order chi connectivity index (χ1) is 9.33. The van der Waals surface area contributed by atoms with E-state index in [1.54, 1.807) is 24.6 Å². The normalized spacial score (nSPS) is 10.9. The predicted molar refractivity (Wildman–Crippen MR) is 76.3 cm³/mol. The fourth-order valence-electron chi connectivity index (χ4n) is 1.95. The Morgan fingerprint density at radius 3 is 2.84 bits per heavy atom. The molecule has 1 aromatic carbocycles. The van der Waals surface area contributed by atoms with Gasteiger partial charge in [0.15, 0.2) is 0 Å². The zero-order chi connectivity index (χ0) is 13.5. The largest absolute Gasteiger partial charge is 0.496 e. The van der Waals surface area contributed by atoms with Crippen molar-refractivity contribution >= 4 is 11.3 Å². The molecule has 0 spiro atoms. The highest BCUT2D eigenvalue weighted by Gasteiger charge is 2.11. The quantitative estimate of drug-likeness (QED) is 0.843. The summed E-state index contributed by atoms with van der Waals surface area (Å²) >= 11 is 1.63. The number of ether oxygens (including phenoxy) is 1. The number of para-hydroxylation sites is 1. The minimum absolute atomic E-state index is 0.139. The molecule has 19 heavy (non-hydrogen) atoms. The molecular weight excluding hydrogens is 260 g/mol. The molecule has 0 bridgehead atoms. The molecule has 0 aliphatic heterocycles. The number of hydrogen-bond donors (Lipinski definition) is 1. The minimum atomic E-state index is 0.139. The lowest BCUT2D eigenvalue weighted by atomic mass is 10.2. The molecule has 0 saturated heterocycles. The molecule has 0 fully saturated rings. The lowest BCUT2D eigenvalue weighted by molar-refractivity contribution is 0.182.